The summed E-state index contributed by atoms with van der Waals surface area (Å²) in [7, 11) is 1.75. The van der Waals surface area contributed by atoms with Crippen LogP contribution in [0.2, 0.25) is 0 Å². The van der Waals surface area contributed by atoms with Crippen molar-refractivity contribution in [3.63, 3.8) is 0 Å². The number of nitrogens with one attached hydrogen (secondary N) is 4. The van der Waals surface area contributed by atoms with Crippen LogP contribution in [0.15, 0.2) is 73.2 Å². The van der Waals surface area contributed by atoms with Crippen LogP contribution in [-0.4, -0.2) is 81.5 Å². The van der Waals surface area contributed by atoms with E-state index in [2.05, 4.69) is 26.3 Å². The maximum Gasteiger partial charge on any atom is 2.00 e. The first-order valence-electron chi connectivity index (χ1n) is 15.5. The number of hydrogen-bond donors (Lipinski definition) is 7. The number of carbonyl (C=O) groups excluding carboxylic acids is 4. The molecule has 0 aliphatic heterocycles. The van der Waals surface area contributed by atoms with Crippen molar-refractivity contribution in [2.24, 2.45) is 18.5 Å². The van der Waals surface area contributed by atoms with Gasteiger partial charge in [0.25, 0.3) is 0 Å². The van der Waals surface area contributed by atoms with Crippen molar-refractivity contribution in [1.82, 2.24) is 30.8 Å². The van der Waals surface area contributed by atoms with E-state index in [-0.39, 0.29) is 49.3 Å². The molecule has 48 heavy (non-hydrogen) atoms. The number of nitrogens with zero attached hydrogens (tertiary/aromatic N) is 2. The molecule has 14 nitrogen and oxygen atoms in total. The number of aromatic nitrogens is 2. The van der Waals surface area contributed by atoms with E-state index < -0.39 is 53.8 Å². The fourth-order valence-corrected chi connectivity index (χ4v) is 4.94. The second-order valence-corrected chi connectivity index (χ2v) is 11.2. The van der Waals surface area contributed by atoms with Gasteiger partial charge in [0.2, 0.25) is 23.6 Å². The molecular formula is C33H44CuN8O6+2. The van der Waals surface area contributed by atoms with Gasteiger partial charge in [-0.2, -0.15) is 0 Å². The van der Waals surface area contributed by atoms with Gasteiger partial charge in [-0.25, -0.2) is 9.78 Å². The van der Waals surface area contributed by atoms with Gasteiger partial charge in [-0.1, -0.05) is 60.7 Å². The van der Waals surface area contributed by atoms with Crippen LogP contribution < -0.4 is 32.7 Å². The van der Waals surface area contributed by atoms with E-state index >= 15 is 0 Å². The monoisotopic (exact) mass is 711 g/mol. The Kier molecular flexibility index (Phi) is 17.0. The molecule has 0 saturated carbocycles. The van der Waals surface area contributed by atoms with Gasteiger partial charge in [-0.3, -0.25) is 19.2 Å². The summed E-state index contributed by atoms with van der Waals surface area (Å²) < 4.78 is 1.70. The van der Waals surface area contributed by atoms with Crippen LogP contribution in [0, 0.1) is 0 Å². The third kappa shape index (κ3) is 12.9. The molecule has 9 N–H and O–H groups in total. The molecular weight excluding hydrogens is 668 g/mol. The van der Waals surface area contributed by atoms with E-state index in [0.29, 0.717) is 30.6 Å². The van der Waals surface area contributed by atoms with Crippen LogP contribution >= 0.6 is 0 Å². The number of carboxylic acid groups (broad SMARTS) is 1. The number of imidazole rings is 1. The number of nitrogens with two attached hydrogens (primary N) is 2. The predicted molar refractivity (Wildman–Crippen MR) is 175 cm³/mol. The molecule has 0 spiro atoms. The molecule has 3 rings (SSSR count). The SMILES string of the molecule is Cn1cncc1C[C@H](NC(=O)CN)C(=O)N[C@@H](CCCCN)C(=O)N[C@@H](Cc1ccccc1)C(=O)N[C@@H](Cc1ccccc1)C(=O)O.[Cu+2]. The molecule has 0 unspecified atom stereocenters. The van der Waals surface area contributed by atoms with Crippen LogP contribution in [0.5, 0.6) is 0 Å². The van der Waals surface area contributed by atoms with Crippen LogP contribution in [0.1, 0.15) is 36.1 Å². The smallest absolute Gasteiger partial charge is 0.480 e. The molecule has 1 heterocycles. The van der Waals surface area contributed by atoms with Crippen molar-refractivity contribution >= 4 is 29.6 Å². The summed E-state index contributed by atoms with van der Waals surface area (Å²) in [6.45, 7) is 0.0302. The second-order valence-electron chi connectivity index (χ2n) is 11.2. The van der Waals surface area contributed by atoms with E-state index in [1.807, 2.05) is 6.07 Å². The Hall–Kier alpha value is -4.56. The first-order chi connectivity index (χ1) is 22.6. The van der Waals surface area contributed by atoms with Gasteiger partial charge in [0.15, 0.2) is 0 Å². The molecule has 4 atom stereocenters. The van der Waals surface area contributed by atoms with Crippen molar-refractivity contribution in [3.8, 4) is 0 Å². The van der Waals surface area contributed by atoms with E-state index in [1.165, 1.54) is 0 Å². The van der Waals surface area contributed by atoms with Gasteiger partial charge in [0.1, 0.15) is 24.2 Å². The van der Waals surface area contributed by atoms with Gasteiger partial charge in [-0.15, -0.1) is 0 Å². The number of unbranched alkanes of at least 4 members (excludes halogenated alkanes) is 1. The Balaban J connectivity index is 0.00000800. The molecule has 2 aromatic carbocycles. The summed E-state index contributed by atoms with van der Waals surface area (Å²) in [5.74, 6) is -3.75. The maximum atomic E-state index is 13.8. The number of rotatable bonds is 19. The van der Waals surface area contributed by atoms with Crippen molar-refractivity contribution in [1.29, 1.82) is 0 Å². The fourth-order valence-electron chi connectivity index (χ4n) is 4.94. The molecule has 1 radical (unpaired) electrons. The zero-order chi connectivity index (χ0) is 34.2. The van der Waals surface area contributed by atoms with Crippen molar-refractivity contribution in [3.05, 3.63) is 90.0 Å². The van der Waals surface area contributed by atoms with Gasteiger partial charge in [-0.05, 0) is 36.9 Å². The standard InChI is InChI=1S/C33H44N8O6.Cu/c1-41-21-36-20-24(41)18-27(37-29(42)19-35)32(45)38-25(14-8-9-15-34)30(43)39-26(16-22-10-4-2-5-11-22)31(44)40-28(33(46)47)17-23-12-6-3-7-13-23;/h2-7,10-13,20-21,25-28H,8-9,14-19,34-35H2,1H3,(H,37,42)(H,38,45)(H,39,43)(H,40,44)(H,46,47);/q;+2/t25-,26-,27-,28-;/m0./s1. The van der Waals surface area contributed by atoms with E-state index in [4.69, 9.17) is 11.5 Å². The molecule has 0 aliphatic carbocycles. The van der Waals surface area contributed by atoms with Gasteiger partial charge >= 0.3 is 23.0 Å². The summed E-state index contributed by atoms with van der Waals surface area (Å²) in [6, 6.07) is 13.3. The Morgan fingerprint density at radius 1 is 0.729 bits per heavy atom. The average Bonchev–Trinajstić information content (AvgIpc) is 3.47. The molecule has 0 aliphatic rings. The van der Waals surface area contributed by atoms with Gasteiger partial charge < -0.3 is 42.4 Å². The zero-order valence-electron chi connectivity index (χ0n) is 26.7. The summed E-state index contributed by atoms with van der Waals surface area (Å²) in [6.07, 6.45) is 4.58. The number of benzene rings is 2. The first-order valence-corrected chi connectivity index (χ1v) is 15.5. The third-order valence-corrected chi connectivity index (χ3v) is 7.56. The van der Waals surface area contributed by atoms with Gasteiger partial charge in [0.05, 0.1) is 12.9 Å². The molecule has 15 heteroatoms. The zero-order valence-corrected chi connectivity index (χ0v) is 27.7. The summed E-state index contributed by atoms with van der Waals surface area (Å²) in [4.78, 5) is 69.3. The molecule has 261 valence electrons. The number of hydrogen-bond acceptors (Lipinski definition) is 8. The minimum Gasteiger partial charge on any atom is -0.480 e. The van der Waals surface area contributed by atoms with Crippen LogP contribution in [0.3, 0.4) is 0 Å². The normalized spacial score (nSPS) is 13.1. The summed E-state index contributed by atoms with van der Waals surface area (Å²) >= 11 is 0. The van der Waals surface area contributed by atoms with Crippen molar-refractivity contribution in [2.45, 2.75) is 62.7 Å². The minimum absolute atomic E-state index is 0. The minimum atomic E-state index is -1.25. The maximum absolute atomic E-state index is 13.8. The fraction of sp³-hybridized carbons (Fsp3) is 0.394. The van der Waals surface area contributed by atoms with E-state index in [0.717, 1.165) is 5.56 Å². The Bertz CT molecular complexity index is 1470. The van der Waals surface area contributed by atoms with Crippen molar-refractivity contribution in [2.75, 3.05) is 13.1 Å². The molecule has 0 saturated heterocycles. The second kappa shape index (κ2) is 20.6. The molecule has 0 bridgehead atoms. The van der Waals surface area contributed by atoms with Crippen LogP contribution in [0.4, 0.5) is 0 Å². The number of aliphatic carboxylic acids is 1. The number of amides is 4. The number of carbonyl (C=O) groups is 5. The summed E-state index contributed by atoms with van der Waals surface area (Å²) in [5.41, 5.74) is 13.3. The van der Waals surface area contributed by atoms with Crippen LogP contribution in [-0.2, 0) is 67.4 Å². The largest absolute Gasteiger partial charge is 2.00 e. The van der Waals surface area contributed by atoms with E-state index in [9.17, 15) is 29.1 Å². The van der Waals surface area contributed by atoms with Gasteiger partial charge in [0, 0.05) is 38.2 Å². The Morgan fingerprint density at radius 2 is 1.23 bits per heavy atom. The average molecular weight is 712 g/mol. The molecule has 1 aromatic heterocycles. The Labute approximate surface area is 290 Å². The number of carboxylic acids is 1. The number of aryl methyl sites for hydroxylation is 1. The first kappa shape index (κ1) is 39.6. The van der Waals surface area contributed by atoms with Crippen molar-refractivity contribution < 1.29 is 46.1 Å². The predicted octanol–water partition coefficient (Wildman–Crippen LogP) is -0.443. The quantitative estimate of drug-likeness (QED) is 0.0631. The van der Waals surface area contributed by atoms with Crippen LogP contribution in [0.25, 0.3) is 0 Å². The Morgan fingerprint density at radius 3 is 1.73 bits per heavy atom. The molecule has 4 amide bonds. The molecule has 3 aromatic rings. The topological polar surface area (TPSA) is 224 Å². The van der Waals surface area contributed by atoms with E-state index in [1.54, 1.807) is 78.7 Å². The third-order valence-electron chi connectivity index (χ3n) is 7.56. The molecule has 0 fully saturated rings. The summed E-state index contributed by atoms with van der Waals surface area (Å²) in [5, 5.41) is 20.5.